The molecule has 0 aromatic heterocycles. The lowest BCUT2D eigenvalue weighted by atomic mass is 10.0. The summed E-state index contributed by atoms with van der Waals surface area (Å²) in [4.78, 5) is 23.3. The Labute approximate surface area is 262 Å². The largest absolute Gasteiger partial charge is 0.423 e. The molecule has 0 bridgehead atoms. The topological polar surface area (TPSA) is 52.6 Å². The highest BCUT2D eigenvalue weighted by Crippen LogP contribution is 2.27. The van der Waals surface area contributed by atoms with Gasteiger partial charge in [0.1, 0.15) is 11.5 Å². The van der Waals surface area contributed by atoms with Crippen molar-refractivity contribution in [1.29, 1.82) is 0 Å². The van der Waals surface area contributed by atoms with Gasteiger partial charge < -0.3 is 9.47 Å². The Morgan fingerprint density at radius 3 is 1.27 bits per heavy atom. The van der Waals surface area contributed by atoms with E-state index >= 15 is 0 Å². The summed E-state index contributed by atoms with van der Waals surface area (Å²) >= 11 is 0. The lowest BCUT2D eigenvalue weighted by molar-refractivity contribution is -0.130. The second-order valence-electron chi connectivity index (χ2n) is 10.3. The van der Waals surface area contributed by atoms with Crippen molar-refractivity contribution >= 4 is 48.4 Å². The van der Waals surface area contributed by atoms with Gasteiger partial charge in [-0.05, 0) is 77.6 Å². The third-order valence-corrected chi connectivity index (χ3v) is 6.55. The Morgan fingerprint density at radius 2 is 0.889 bits per heavy atom. The van der Waals surface area contributed by atoms with Crippen LogP contribution < -0.4 is 9.47 Å². The van der Waals surface area contributed by atoms with Crippen LogP contribution in [0.15, 0.2) is 115 Å². The van der Waals surface area contributed by atoms with Crippen molar-refractivity contribution in [1.82, 2.24) is 0 Å². The summed E-state index contributed by atoms with van der Waals surface area (Å²) in [5.41, 5.74) is 5.26. The van der Waals surface area contributed by atoms with Crippen LogP contribution in [0.5, 0.6) is 11.5 Å². The predicted octanol–water partition coefficient (Wildman–Crippen LogP) is 10.1. The van der Waals surface area contributed by atoms with Gasteiger partial charge in [-0.25, -0.2) is 18.4 Å². The molecule has 0 radical (unpaired) electrons. The van der Waals surface area contributed by atoms with E-state index in [1.807, 2.05) is 48.6 Å². The zero-order valence-corrected chi connectivity index (χ0v) is 25.0. The van der Waals surface area contributed by atoms with Crippen LogP contribution in [-0.2, 0) is 9.59 Å². The lowest BCUT2D eigenvalue weighted by Gasteiger charge is -2.07. The molecule has 0 atom stereocenters. The van der Waals surface area contributed by atoms with Crippen molar-refractivity contribution in [2.45, 2.75) is 20.3 Å². The molecule has 0 amide bonds. The third-order valence-electron chi connectivity index (χ3n) is 6.55. The Morgan fingerprint density at radius 1 is 0.556 bits per heavy atom. The normalized spacial score (nSPS) is 11.4. The van der Waals surface area contributed by atoms with E-state index in [-0.39, 0.29) is 5.56 Å². The Balaban J connectivity index is 1.38. The molecule has 0 aliphatic rings. The van der Waals surface area contributed by atoms with Gasteiger partial charge in [-0.3, -0.25) is 0 Å². The maximum absolute atomic E-state index is 14.0. The number of alkyl halides is 2. The summed E-state index contributed by atoms with van der Waals surface area (Å²) in [7, 11) is 0. The second kappa shape index (κ2) is 15.2. The predicted molar refractivity (Wildman–Crippen MR) is 178 cm³/mol. The van der Waals surface area contributed by atoms with Crippen molar-refractivity contribution < 1.29 is 27.8 Å². The van der Waals surface area contributed by atoms with Gasteiger partial charge >= 0.3 is 11.9 Å². The van der Waals surface area contributed by atoms with Crippen LogP contribution in [0.1, 0.15) is 59.2 Å². The molecule has 4 aromatic rings. The molecule has 0 saturated carbocycles. The minimum absolute atomic E-state index is 0.0598. The Hall–Kier alpha value is -5.62. The molecule has 4 nitrogen and oxygen atoms in total. The molecule has 226 valence electrons. The van der Waals surface area contributed by atoms with Gasteiger partial charge in [-0.15, -0.1) is 0 Å². The van der Waals surface area contributed by atoms with Crippen LogP contribution in [0.3, 0.4) is 0 Å². The van der Waals surface area contributed by atoms with E-state index in [2.05, 4.69) is 13.2 Å². The zero-order chi connectivity index (χ0) is 32.3. The van der Waals surface area contributed by atoms with E-state index in [9.17, 15) is 18.4 Å². The first-order chi connectivity index (χ1) is 21.6. The van der Waals surface area contributed by atoms with E-state index < -0.39 is 18.4 Å². The van der Waals surface area contributed by atoms with Gasteiger partial charge in [0.2, 0.25) is 0 Å². The van der Waals surface area contributed by atoms with Crippen molar-refractivity contribution in [3.63, 3.8) is 0 Å². The fraction of sp³-hybridized carbons (Fsp3) is 0.0769. The number of carbonyl (C=O) groups excluding carboxylic acids is 2. The second-order valence-corrected chi connectivity index (χ2v) is 10.3. The van der Waals surface area contributed by atoms with Gasteiger partial charge in [0.15, 0.2) is 0 Å². The fourth-order valence-corrected chi connectivity index (χ4v) is 4.01. The van der Waals surface area contributed by atoms with Gasteiger partial charge in [-0.2, -0.15) is 0 Å². The monoisotopic (exact) mass is 602 g/mol. The van der Waals surface area contributed by atoms with Gasteiger partial charge in [-0.1, -0.05) is 110 Å². The molecule has 4 rings (SSSR count). The molecule has 4 aromatic carbocycles. The van der Waals surface area contributed by atoms with Crippen LogP contribution in [-0.4, -0.2) is 11.9 Å². The first-order valence-corrected chi connectivity index (χ1v) is 14.1. The van der Waals surface area contributed by atoms with Gasteiger partial charge in [0.05, 0.1) is 0 Å². The average Bonchev–Trinajstić information content (AvgIpc) is 3.03. The zero-order valence-electron chi connectivity index (χ0n) is 25.0. The number of esters is 2. The van der Waals surface area contributed by atoms with Crippen LogP contribution in [0.2, 0.25) is 0 Å². The minimum Gasteiger partial charge on any atom is -0.423 e. The number of ether oxygens (including phenoxy) is 2. The first kappa shape index (κ1) is 32.3. The van der Waals surface area contributed by atoms with Gasteiger partial charge in [0, 0.05) is 16.7 Å². The molecule has 45 heavy (non-hydrogen) atoms. The Bertz CT molecular complexity index is 1780. The van der Waals surface area contributed by atoms with Crippen molar-refractivity contribution in [2.24, 2.45) is 0 Å². The highest BCUT2D eigenvalue weighted by Gasteiger charge is 2.12. The maximum atomic E-state index is 14.0. The van der Waals surface area contributed by atoms with Crippen LogP contribution in [0.4, 0.5) is 8.78 Å². The fourth-order valence-electron chi connectivity index (χ4n) is 4.01. The average molecular weight is 603 g/mol. The number of halogens is 2. The lowest BCUT2D eigenvalue weighted by Crippen LogP contribution is -2.07. The van der Waals surface area contributed by atoms with E-state index in [1.54, 1.807) is 86.7 Å². The molecule has 0 heterocycles. The quantitative estimate of drug-likeness (QED) is 0.0742. The number of rotatable bonds is 11. The highest BCUT2D eigenvalue weighted by molar-refractivity contribution is 5.89. The molecule has 0 saturated heterocycles. The number of benzene rings is 4. The molecule has 6 heteroatoms. The van der Waals surface area contributed by atoms with E-state index in [0.29, 0.717) is 33.8 Å². The van der Waals surface area contributed by atoms with E-state index in [1.165, 1.54) is 6.07 Å². The molecular formula is C39H32F2O4. The smallest absolute Gasteiger partial charge is 0.338 e. The SMILES string of the molecule is C=C(C)C(=O)Oc1ccc(/C=C/c2ccc(/C=C/c3ccc(/C=C/c4ccc(OC(=O)C(=C)C)cc4)cc3C(F)F)cc2)cc1. The molecule has 0 N–H and O–H groups in total. The molecule has 0 unspecified atom stereocenters. The Kier molecular flexibility index (Phi) is 10.9. The summed E-state index contributed by atoms with van der Waals surface area (Å²) in [6, 6.07) is 26.7. The molecule has 0 spiro atoms. The number of hydrogen-bond acceptors (Lipinski definition) is 4. The first-order valence-electron chi connectivity index (χ1n) is 14.1. The van der Waals surface area contributed by atoms with Crippen LogP contribution >= 0.6 is 0 Å². The maximum Gasteiger partial charge on any atom is 0.338 e. The van der Waals surface area contributed by atoms with Crippen LogP contribution in [0, 0.1) is 0 Å². The number of carbonyl (C=O) groups is 2. The van der Waals surface area contributed by atoms with Crippen molar-refractivity contribution in [3.05, 3.63) is 154 Å². The molecule has 0 aliphatic carbocycles. The van der Waals surface area contributed by atoms with E-state index in [0.717, 1.165) is 22.3 Å². The van der Waals surface area contributed by atoms with Crippen LogP contribution in [0.25, 0.3) is 36.5 Å². The van der Waals surface area contributed by atoms with E-state index in [4.69, 9.17) is 9.47 Å². The molecule has 0 fully saturated rings. The minimum atomic E-state index is -2.64. The summed E-state index contributed by atoms with van der Waals surface area (Å²) in [5.74, 6) is -0.116. The summed E-state index contributed by atoms with van der Waals surface area (Å²) in [6.07, 6.45) is 8.31. The highest BCUT2D eigenvalue weighted by atomic mass is 19.3. The summed E-state index contributed by atoms with van der Waals surface area (Å²) in [6.45, 7) is 10.3. The molecule has 0 aliphatic heterocycles. The summed E-state index contributed by atoms with van der Waals surface area (Å²) < 4.78 is 38.3. The standard InChI is InChI=1S/C39H32F2O4/c1-26(2)38(42)44-34-21-15-30(16-22-34)10-7-28-5-8-29(9-6-28)13-19-33-20-14-32(25-36(33)37(40)41)12-11-31-17-23-35(24-18-31)45-39(43)27(3)4/h5-25,37H,1,3H2,2,4H3/b10-7+,12-11+,19-13+. The van der Waals surface area contributed by atoms with Crippen molar-refractivity contribution in [2.75, 3.05) is 0 Å². The van der Waals surface area contributed by atoms with Crippen molar-refractivity contribution in [3.8, 4) is 11.5 Å². The van der Waals surface area contributed by atoms with Gasteiger partial charge in [0.25, 0.3) is 6.43 Å². The summed E-state index contributed by atoms with van der Waals surface area (Å²) in [5, 5.41) is 0. The third kappa shape index (κ3) is 9.70. The number of hydrogen-bond donors (Lipinski definition) is 0. The molecular weight excluding hydrogens is 570 g/mol.